The number of thiophene rings is 1. The summed E-state index contributed by atoms with van der Waals surface area (Å²) in [5.41, 5.74) is 6.51. The minimum Gasteiger partial charge on any atom is -0.480 e. The van der Waals surface area contributed by atoms with E-state index < -0.39 is 12.0 Å². The van der Waals surface area contributed by atoms with Gasteiger partial charge in [0.1, 0.15) is 6.04 Å². The van der Waals surface area contributed by atoms with Crippen LogP contribution in [0.1, 0.15) is 5.56 Å². The van der Waals surface area contributed by atoms with Crippen molar-refractivity contribution in [3.63, 3.8) is 0 Å². The minimum atomic E-state index is -1.10. The fraction of sp³-hybridized carbons (Fsp3) is 0.182. The molecule has 0 radical (unpaired) electrons. The molecule has 0 aromatic carbocycles. The van der Waals surface area contributed by atoms with Crippen molar-refractivity contribution < 1.29 is 14.4 Å². The number of aromatic nitrogens is 5. The van der Waals surface area contributed by atoms with Crippen LogP contribution in [0.25, 0.3) is 22.2 Å². The Morgan fingerprint density at radius 2 is 2.43 bits per heavy atom. The fourth-order valence-electron chi connectivity index (χ4n) is 1.84. The van der Waals surface area contributed by atoms with E-state index in [0.717, 1.165) is 4.88 Å². The summed E-state index contributed by atoms with van der Waals surface area (Å²) in [5, 5.41) is 28.3. The van der Waals surface area contributed by atoms with Gasteiger partial charge in [-0.2, -0.15) is 5.21 Å². The molecule has 0 aliphatic rings. The molecule has 10 heteroatoms. The van der Waals surface area contributed by atoms with Crippen LogP contribution in [0, 0.1) is 0 Å². The van der Waals surface area contributed by atoms with Gasteiger partial charge in [0.05, 0.1) is 4.88 Å². The van der Waals surface area contributed by atoms with Crippen LogP contribution in [-0.4, -0.2) is 42.9 Å². The normalized spacial score (nSPS) is 12.4. The van der Waals surface area contributed by atoms with Crippen LogP contribution < -0.4 is 5.73 Å². The van der Waals surface area contributed by atoms with Crippen molar-refractivity contribution in [2.45, 2.75) is 12.5 Å². The molecular weight excluding hydrogens is 296 g/mol. The van der Waals surface area contributed by atoms with Gasteiger partial charge in [-0.15, -0.1) is 21.5 Å². The lowest BCUT2D eigenvalue weighted by atomic mass is 10.0. The topological polar surface area (TPSA) is 144 Å². The molecule has 108 valence electrons. The first-order chi connectivity index (χ1) is 10.2. The van der Waals surface area contributed by atoms with Crippen LogP contribution in [0.3, 0.4) is 0 Å². The molecule has 0 saturated carbocycles. The summed E-state index contributed by atoms with van der Waals surface area (Å²) in [7, 11) is 0. The molecule has 3 rings (SSSR count). The maximum absolute atomic E-state index is 11.0. The lowest BCUT2D eigenvalue weighted by Gasteiger charge is -2.06. The van der Waals surface area contributed by atoms with Crippen molar-refractivity contribution >= 4 is 17.3 Å². The molecule has 0 saturated heterocycles. The monoisotopic (exact) mass is 306 g/mol. The number of carbonyl (C=O) groups is 1. The molecule has 0 aliphatic heterocycles. The molecule has 3 aromatic heterocycles. The number of carboxylic acid groups (broad SMARTS) is 1. The molecular formula is C11H10N6O3S. The first-order valence-corrected chi connectivity index (χ1v) is 6.79. The number of aromatic amines is 1. The predicted octanol–water partition coefficient (Wildman–Crippen LogP) is 0.538. The Kier molecular flexibility index (Phi) is 3.46. The van der Waals surface area contributed by atoms with E-state index in [1.807, 2.05) is 17.5 Å². The molecule has 3 heterocycles. The molecule has 3 aromatic rings. The van der Waals surface area contributed by atoms with Gasteiger partial charge in [-0.3, -0.25) is 4.79 Å². The zero-order valence-electron chi connectivity index (χ0n) is 10.6. The lowest BCUT2D eigenvalue weighted by molar-refractivity contribution is -0.138. The van der Waals surface area contributed by atoms with Gasteiger partial charge >= 0.3 is 5.97 Å². The Labute approximate surface area is 121 Å². The SMILES string of the molecule is N[C@@H](Cc1c(-c2nn[nH]n2)noc1-c1cccs1)C(=O)O. The average Bonchev–Trinajstić information content (AvgIpc) is 3.19. The first kappa shape index (κ1) is 13.4. The molecule has 0 aliphatic carbocycles. The molecule has 0 spiro atoms. The Morgan fingerprint density at radius 1 is 1.57 bits per heavy atom. The average molecular weight is 306 g/mol. The van der Waals surface area contributed by atoms with Crippen LogP contribution in [0.4, 0.5) is 0 Å². The number of nitrogens with two attached hydrogens (primary N) is 1. The Hall–Kier alpha value is -2.59. The van der Waals surface area contributed by atoms with E-state index in [-0.39, 0.29) is 12.2 Å². The van der Waals surface area contributed by atoms with Crippen LogP contribution in [0.2, 0.25) is 0 Å². The third-order valence-electron chi connectivity index (χ3n) is 2.83. The first-order valence-electron chi connectivity index (χ1n) is 5.91. The summed E-state index contributed by atoms with van der Waals surface area (Å²) in [6.45, 7) is 0. The third kappa shape index (κ3) is 2.53. The Bertz CT molecular complexity index is 684. The summed E-state index contributed by atoms with van der Waals surface area (Å²) in [6, 6.07) is 2.63. The third-order valence-corrected chi connectivity index (χ3v) is 3.70. The van der Waals surface area contributed by atoms with Gasteiger partial charge in [0.2, 0.25) is 5.82 Å². The van der Waals surface area contributed by atoms with Crippen molar-refractivity contribution in [3.8, 4) is 22.2 Å². The summed E-state index contributed by atoms with van der Waals surface area (Å²) in [6.07, 6.45) is 0.0515. The summed E-state index contributed by atoms with van der Waals surface area (Å²) in [4.78, 5) is 11.8. The Morgan fingerprint density at radius 3 is 3.05 bits per heavy atom. The minimum absolute atomic E-state index is 0.0515. The van der Waals surface area contributed by atoms with Crippen molar-refractivity contribution in [2.24, 2.45) is 5.73 Å². The molecule has 9 nitrogen and oxygen atoms in total. The van der Waals surface area contributed by atoms with Gasteiger partial charge in [-0.05, 0) is 16.7 Å². The number of nitrogens with zero attached hydrogens (tertiary/aromatic N) is 4. The predicted molar refractivity (Wildman–Crippen MR) is 72.3 cm³/mol. The van der Waals surface area contributed by atoms with E-state index in [1.165, 1.54) is 11.3 Å². The number of H-pyrrole nitrogens is 1. The lowest BCUT2D eigenvalue weighted by Crippen LogP contribution is -2.32. The van der Waals surface area contributed by atoms with Gasteiger partial charge in [-0.25, -0.2) is 0 Å². The molecule has 0 unspecified atom stereocenters. The van der Waals surface area contributed by atoms with Gasteiger partial charge in [0.25, 0.3) is 0 Å². The van der Waals surface area contributed by atoms with Crippen LogP contribution >= 0.6 is 11.3 Å². The molecule has 4 N–H and O–H groups in total. The second-order valence-corrected chi connectivity index (χ2v) is 5.15. The second-order valence-electron chi connectivity index (χ2n) is 4.20. The summed E-state index contributed by atoms with van der Waals surface area (Å²) in [5.74, 6) is -0.400. The maximum atomic E-state index is 11.0. The molecule has 1 atom stereocenters. The highest BCUT2D eigenvalue weighted by atomic mass is 32.1. The highest BCUT2D eigenvalue weighted by molar-refractivity contribution is 7.13. The molecule has 0 amide bonds. The zero-order chi connectivity index (χ0) is 14.8. The van der Waals surface area contributed by atoms with Crippen molar-refractivity contribution in [1.29, 1.82) is 0 Å². The summed E-state index contributed by atoms with van der Waals surface area (Å²) < 4.78 is 5.33. The van der Waals surface area contributed by atoms with E-state index >= 15 is 0 Å². The number of nitrogens with one attached hydrogen (secondary N) is 1. The van der Waals surface area contributed by atoms with Gasteiger partial charge in [0.15, 0.2) is 11.5 Å². The number of carboxylic acids is 1. The van der Waals surface area contributed by atoms with E-state index in [9.17, 15) is 4.79 Å². The smallest absolute Gasteiger partial charge is 0.320 e. The van der Waals surface area contributed by atoms with E-state index in [1.54, 1.807) is 0 Å². The van der Waals surface area contributed by atoms with Crippen molar-refractivity contribution in [2.75, 3.05) is 0 Å². The molecule has 21 heavy (non-hydrogen) atoms. The van der Waals surface area contributed by atoms with Gasteiger partial charge in [0, 0.05) is 12.0 Å². The fourth-order valence-corrected chi connectivity index (χ4v) is 2.57. The standard InChI is InChI=1S/C11H10N6O3S/c12-6(11(18)19)4-5-8(10-13-16-17-14-10)15-20-9(5)7-2-1-3-21-7/h1-3,6H,4,12H2,(H,18,19)(H,13,14,16,17)/t6-/m0/s1. The quantitative estimate of drug-likeness (QED) is 0.619. The van der Waals surface area contributed by atoms with E-state index in [0.29, 0.717) is 17.0 Å². The van der Waals surface area contributed by atoms with E-state index in [4.69, 9.17) is 15.4 Å². The largest absolute Gasteiger partial charge is 0.480 e. The van der Waals surface area contributed by atoms with Crippen molar-refractivity contribution in [3.05, 3.63) is 23.1 Å². The molecule has 0 fully saturated rings. The van der Waals surface area contributed by atoms with Gasteiger partial charge in [-0.1, -0.05) is 11.2 Å². The van der Waals surface area contributed by atoms with Crippen LogP contribution in [-0.2, 0) is 11.2 Å². The highest BCUT2D eigenvalue weighted by Gasteiger charge is 2.26. The summed E-state index contributed by atoms with van der Waals surface area (Å²) >= 11 is 1.45. The maximum Gasteiger partial charge on any atom is 0.320 e. The second kappa shape index (κ2) is 5.42. The van der Waals surface area contributed by atoms with Gasteiger partial charge < -0.3 is 15.4 Å². The zero-order valence-corrected chi connectivity index (χ0v) is 11.4. The number of hydrogen-bond donors (Lipinski definition) is 3. The van der Waals surface area contributed by atoms with Crippen molar-refractivity contribution in [1.82, 2.24) is 25.8 Å². The van der Waals surface area contributed by atoms with Crippen LogP contribution in [0.15, 0.2) is 22.0 Å². The van der Waals surface area contributed by atoms with Crippen LogP contribution in [0.5, 0.6) is 0 Å². The number of rotatable bonds is 5. The Balaban J connectivity index is 2.07. The number of tetrazole rings is 1. The number of hydrogen-bond acceptors (Lipinski definition) is 8. The van der Waals surface area contributed by atoms with E-state index in [2.05, 4.69) is 25.8 Å². The molecule has 0 bridgehead atoms. The number of aliphatic carboxylic acids is 1. The highest BCUT2D eigenvalue weighted by Crippen LogP contribution is 2.33.